The molecule has 5 heteroatoms. The summed E-state index contributed by atoms with van der Waals surface area (Å²) in [7, 11) is 1.37. The Morgan fingerprint density at radius 1 is 1.55 bits per heavy atom. The van der Waals surface area contributed by atoms with Crippen LogP contribution in [0.2, 0.25) is 0 Å². The number of nitrogens with zero attached hydrogens (tertiary/aromatic N) is 2. The maximum Gasteiger partial charge on any atom is 0.308 e. The van der Waals surface area contributed by atoms with E-state index < -0.39 is 0 Å². The zero-order valence-corrected chi connectivity index (χ0v) is 11.5. The number of morpholine rings is 1. The fourth-order valence-electron chi connectivity index (χ4n) is 2.37. The van der Waals surface area contributed by atoms with E-state index in [0.29, 0.717) is 19.7 Å². The van der Waals surface area contributed by atoms with Crippen molar-refractivity contribution in [3.8, 4) is 6.07 Å². The van der Waals surface area contributed by atoms with Crippen LogP contribution in [0.1, 0.15) is 18.0 Å². The lowest BCUT2D eigenvalue weighted by molar-refractivity contribution is -0.146. The fraction of sp³-hybridized carbons (Fsp3) is 0.467. The van der Waals surface area contributed by atoms with Crippen LogP contribution in [0.5, 0.6) is 0 Å². The number of hydrogen-bond donors (Lipinski definition) is 0. The first kappa shape index (κ1) is 14.5. The lowest BCUT2D eigenvalue weighted by Crippen LogP contribution is -2.44. The monoisotopic (exact) mass is 274 g/mol. The van der Waals surface area contributed by atoms with E-state index in [0.717, 1.165) is 5.56 Å². The highest BCUT2D eigenvalue weighted by Gasteiger charge is 2.28. The van der Waals surface area contributed by atoms with Gasteiger partial charge in [-0.3, -0.25) is 9.69 Å². The Labute approximate surface area is 118 Å². The summed E-state index contributed by atoms with van der Waals surface area (Å²) < 4.78 is 10.2. The molecule has 0 unspecified atom stereocenters. The number of nitriles is 1. The summed E-state index contributed by atoms with van der Waals surface area (Å²) in [5, 5.41) is 9.42. The standard InChI is InChI=1S/C15H18N2O3/c1-19-15(18)9-13-11-17(7-8-20-13)14(10-16)12-5-3-2-4-6-12/h2-6,13-14H,7-9,11H2,1H3/t13-,14+/m0/s1. The normalized spacial score (nSPS) is 20.9. The number of benzene rings is 1. The van der Waals surface area contributed by atoms with E-state index in [9.17, 15) is 10.1 Å². The van der Waals surface area contributed by atoms with Gasteiger partial charge in [0, 0.05) is 13.1 Å². The molecule has 1 saturated heterocycles. The topological polar surface area (TPSA) is 62.6 Å². The van der Waals surface area contributed by atoms with Gasteiger partial charge in [-0.1, -0.05) is 30.3 Å². The summed E-state index contributed by atoms with van der Waals surface area (Å²) >= 11 is 0. The second kappa shape index (κ2) is 7.04. The van der Waals surface area contributed by atoms with Gasteiger partial charge in [0.2, 0.25) is 0 Å². The number of esters is 1. The third kappa shape index (κ3) is 3.56. The maximum absolute atomic E-state index is 11.3. The summed E-state index contributed by atoms with van der Waals surface area (Å²) in [6, 6.07) is 11.7. The minimum absolute atomic E-state index is 0.212. The summed E-state index contributed by atoms with van der Waals surface area (Å²) in [4.78, 5) is 13.4. The molecule has 0 saturated carbocycles. The van der Waals surface area contributed by atoms with E-state index in [1.807, 2.05) is 35.2 Å². The maximum atomic E-state index is 11.3. The minimum Gasteiger partial charge on any atom is -0.469 e. The summed E-state index contributed by atoms with van der Waals surface area (Å²) in [6.07, 6.45) is 0.00990. The van der Waals surface area contributed by atoms with Crippen molar-refractivity contribution in [2.75, 3.05) is 26.8 Å². The molecule has 0 amide bonds. The van der Waals surface area contributed by atoms with Crippen molar-refractivity contribution < 1.29 is 14.3 Å². The van der Waals surface area contributed by atoms with Crippen LogP contribution in [-0.4, -0.2) is 43.8 Å². The Kier molecular flexibility index (Phi) is 5.10. The molecule has 1 aliphatic rings. The highest BCUT2D eigenvalue weighted by Crippen LogP contribution is 2.23. The predicted molar refractivity (Wildman–Crippen MR) is 72.7 cm³/mol. The number of carbonyl (C=O) groups is 1. The molecule has 1 aromatic rings. The second-order valence-electron chi connectivity index (χ2n) is 4.71. The molecule has 20 heavy (non-hydrogen) atoms. The van der Waals surface area contributed by atoms with Crippen LogP contribution in [0, 0.1) is 11.3 Å². The van der Waals surface area contributed by atoms with Crippen LogP contribution in [-0.2, 0) is 14.3 Å². The third-order valence-corrected chi connectivity index (χ3v) is 3.39. The van der Waals surface area contributed by atoms with E-state index in [4.69, 9.17) is 4.74 Å². The first-order valence-electron chi connectivity index (χ1n) is 6.61. The molecule has 0 N–H and O–H groups in total. The Bertz CT molecular complexity index is 484. The number of carbonyl (C=O) groups excluding carboxylic acids is 1. The summed E-state index contributed by atoms with van der Waals surface area (Å²) in [5.41, 5.74) is 0.966. The molecular formula is C15H18N2O3. The second-order valence-corrected chi connectivity index (χ2v) is 4.71. The molecule has 1 aromatic carbocycles. The van der Waals surface area contributed by atoms with Crippen molar-refractivity contribution in [2.24, 2.45) is 0 Å². The van der Waals surface area contributed by atoms with Crippen LogP contribution in [0.4, 0.5) is 0 Å². The molecule has 1 fully saturated rings. The van der Waals surface area contributed by atoms with Crippen LogP contribution in [0.15, 0.2) is 30.3 Å². The zero-order chi connectivity index (χ0) is 14.4. The Balaban J connectivity index is 2.04. The number of methoxy groups -OCH3 is 1. The summed E-state index contributed by atoms with van der Waals surface area (Å²) in [6.45, 7) is 1.76. The van der Waals surface area contributed by atoms with Gasteiger partial charge in [-0.15, -0.1) is 0 Å². The first-order chi connectivity index (χ1) is 9.74. The van der Waals surface area contributed by atoms with Crippen LogP contribution >= 0.6 is 0 Å². The number of ether oxygens (including phenoxy) is 2. The van der Waals surface area contributed by atoms with E-state index in [2.05, 4.69) is 10.8 Å². The van der Waals surface area contributed by atoms with Gasteiger partial charge in [-0.25, -0.2) is 0 Å². The Morgan fingerprint density at radius 3 is 2.95 bits per heavy atom. The van der Waals surface area contributed by atoms with Crippen molar-refractivity contribution in [1.82, 2.24) is 4.90 Å². The van der Waals surface area contributed by atoms with Crippen LogP contribution in [0.25, 0.3) is 0 Å². The van der Waals surface area contributed by atoms with E-state index >= 15 is 0 Å². The SMILES string of the molecule is COC(=O)C[C@H]1CN([C@H](C#N)c2ccccc2)CCO1. The number of hydrogen-bond acceptors (Lipinski definition) is 5. The van der Waals surface area contributed by atoms with Crippen molar-refractivity contribution in [2.45, 2.75) is 18.6 Å². The number of rotatable bonds is 4. The van der Waals surface area contributed by atoms with Gasteiger partial charge in [-0.05, 0) is 5.56 Å². The molecule has 0 radical (unpaired) electrons. The molecule has 0 bridgehead atoms. The van der Waals surface area contributed by atoms with Crippen LogP contribution in [0.3, 0.4) is 0 Å². The highest BCUT2D eigenvalue weighted by atomic mass is 16.5. The molecule has 0 spiro atoms. The summed E-state index contributed by atoms with van der Waals surface area (Å²) in [5.74, 6) is -0.287. The molecule has 0 aliphatic carbocycles. The first-order valence-corrected chi connectivity index (χ1v) is 6.61. The quantitative estimate of drug-likeness (QED) is 0.779. The Hall–Kier alpha value is -1.90. The predicted octanol–water partition coefficient (Wildman–Crippen LogP) is 1.52. The van der Waals surface area contributed by atoms with E-state index in [1.165, 1.54) is 7.11 Å². The molecule has 1 heterocycles. The van der Waals surface area contributed by atoms with Gasteiger partial charge in [0.25, 0.3) is 0 Å². The molecule has 1 aliphatic heterocycles. The third-order valence-electron chi connectivity index (χ3n) is 3.39. The van der Waals surface area contributed by atoms with Gasteiger partial charge >= 0.3 is 5.97 Å². The lowest BCUT2D eigenvalue weighted by atomic mass is 10.0. The van der Waals surface area contributed by atoms with Gasteiger partial charge in [-0.2, -0.15) is 5.26 Å². The molecule has 5 nitrogen and oxygen atoms in total. The van der Waals surface area contributed by atoms with Gasteiger partial charge in [0.05, 0.1) is 32.3 Å². The van der Waals surface area contributed by atoms with Gasteiger partial charge < -0.3 is 9.47 Å². The average Bonchev–Trinajstić information content (AvgIpc) is 2.49. The van der Waals surface area contributed by atoms with E-state index in [1.54, 1.807) is 0 Å². The van der Waals surface area contributed by atoms with Crippen LogP contribution < -0.4 is 0 Å². The molecule has 106 valence electrons. The van der Waals surface area contributed by atoms with Crippen molar-refractivity contribution >= 4 is 5.97 Å². The molecular weight excluding hydrogens is 256 g/mol. The van der Waals surface area contributed by atoms with E-state index in [-0.39, 0.29) is 24.5 Å². The minimum atomic E-state index is -0.305. The van der Waals surface area contributed by atoms with Gasteiger partial charge in [0.1, 0.15) is 6.04 Å². The highest BCUT2D eigenvalue weighted by molar-refractivity contribution is 5.69. The van der Waals surface area contributed by atoms with Crippen molar-refractivity contribution in [3.63, 3.8) is 0 Å². The Morgan fingerprint density at radius 2 is 2.30 bits per heavy atom. The fourth-order valence-corrected chi connectivity index (χ4v) is 2.37. The molecule has 2 rings (SSSR count). The van der Waals surface area contributed by atoms with Gasteiger partial charge in [0.15, 0.2) is 0 Å². The lowest BCUT2D eigenvalue weighted by Gasteiger charge is -2.35. The zero-order valence-electron chi connectivity index (χ0n) is 11.5. The largest absolute Gasteiger partial charge is 0.469 e. The molecule has 0 aromatic heterocycles. The molecule has 2 atom stereocenters. The smallest absolute Gasteiger partial charge is 0.308 e. The van der Waals surface area contributed by atoms with Crippen molar-refractivity contribution in [3.05, 3.63) is 35.9 Å². The average molecular weight is 274 g/mol. The van der Waals surface area contributed by atoms with Crippen molar-refractivity contribution in [1.29, 1.82) is 5.26 Å².